The number of hydrogen-bond donors (Lipinski definition) is 1. The second-order valence-corrected chi connectivity index (χ2v) is 4.78. The van der Waals surface area contributed by atoms with E-state index in [-0.39, 0.29) is 0 Å². The van der Waals surface area contributed by atoms with Gasteiger partial charge in [0.1, 0.15) is 11.9 Å². The number of nitriles is 1. The first-order valence-electron chi connectivity index (χ1n) is 6.61. The summed E-state index contributed by atoms with van der Waals surface area (Å²) in [5.41, 5.74) is 1.73. The first kappa shape index (κ1) is 12.8. The van der Waals surface area contributed by atoms with Crippen molar-refractivity contribution < 1.29 is 0 Å². The van der Waals surface area contributed by atoms with E-state index in [1.165, 1.54) is 0 Å². The van der Waals surface area contributed by atoms with E-state index in [0.29, 0.717) is 6.04 Å². The number of hydrogen-bond acceptors (Lipinski definition) is 4. The molecule has 0 amide bonds. The zero-order valence-corrected chi connectivity index (χ0v) is 11.1. The molecule has 1 aromatic rings. The normalized spacial score (nSPS) is 18.6. The van der Waals surface area contributed by atoms with E-state index in [9.17, 15) is 5.26 Å². The summed E-state index contributed by atoms with van der Waals surface area (Å²) in [5, 5.41) is 12.7. The lowest BCUT2D eigenvalue weighted by Crippen LogP contribution is -2.38. The molecule has 4 heteroatoms. The number of nitrogens with one attached hydrogen (secondary N) is 1. The Bertz CT molecular complexity index is 444. The van der Waals surface area contributed by atoms with Crippen LogP contribution in [0.25, 0.3) is 0 Å². The fourth-order valence-electron chi connectivity index (χ4n) is 2.51. The number of anilines is 1. The van der Waals surface area contributed by atoms with Crippen LogP contribution in [0.5, 0.6) is 0 Å². The first-order valence-corrected chi connectivity index (χ1v) is 6.61. The molecule has 96 valence electrons. The second-order valence-electron chi connectivity index (χ2n) is 4.78. The lowest BCUT2D eigenvalue weighted by molar-refractivity contribution is 0.617. The molecule has 1 aliphatic heterocycles. The average molecular weight is 244 g/mol. The van der Waals surface area contributed by atoms with Gasteiger partial charge in [0.15, 0.2) is 0 Å². The van der Waals surface area contributed by atoms with Crippen LogP contribution in [0, 0.1) is 18.3 Å². The first-order chi connectivity index (χ1) is 8.77. The molecule has 1 N–H and O–H groups in total. The third-order valence-electron chi connectivity index (χ3n) is 3.46. The van der Waals surface area contributed by atoms with Crippen LogP contribution >= 0.6 is 0 Å². The minimum absolute atomic E-state index is 0.464. The van der Waals surface area contributed by atoms with E-state index in [0.717, 1.165) is 49.4 Å². The van der Waals surface area contributed by atoms with Crippen molar-refractivity contribution in [3.8, 4) is 6.07 Å². The van der Waals surface area contributed by atoms with Crippen LogP contribution in [0.4, 0.5) is 5.82 Å². The Morgan fingerprint density at radius 1 is 1.61 bits per heavy atom. The van der Waals surface area contributed by atoms with Crippen LogP contribution in [0.1, 0.15) is 30.9 Å². The molecule has 0 aromatic carbocycles. The van der Waals surface area contributed by atoms with Crippen molar-refractivity contribution in [1.29, 1.82) is 5.26 Å². The molecule has 0 saturated carbocycles. The summed E-state index contributed by atoms with van der Waals surface area (Å²) in [6.45, 7) is 7.13. The Kier molecular flexibility index (Phi) is 4.16. The third kappa shape index (κ3) is 2.46. The molecule has 1 unspecified atom stereocenters. The Labute approximate surface area is 109 Å². The molecule has 2 rings (SSSR count). The third-order valence-corrected chi connectivity index (χ3v) is 3.46. The van der Waals surface area contributed by atoms with Gasteiger partial charge in [0.2, 0.25) is 0 Å². The van der Waals surface area contributed by atoms with Crippen molar-refractivity contribution in [3.63, 3.8) is 0 Å². The van der Waals surface area contributed by atoms with Crippen molar-refractivity contribution >= 4 is 5.82 Å². The van der Waals surface area contributed by atoms with Gasteiger partial charge in [-0.15, -0.1) is 0 Å². The predicted molar refractivity (Wildman–Crippen MR) is 72.6 cm³/mol. The lowest BCUT2D eigenvalue weighted by atomic mass is 10.1. The minimum atomic E-state index is 0.464. The van der Waals surface area contributed by atoms with Gasteiger partial charge >= 0.3 is 0 Å². The number of aryl methyl sites for hydroxylation is 1. The van der Waals surface area contributed by atoms with Gasteiger partial charge in [-0.05, 0) is 37.9 Å². The zero-order valence-electron chi connectivity index (χ0n) is 11.1. The van der Waals surface area contributed by atoms with Gasteiger partial charge in [0.25, 0.3) is 0 Å². The average Bonchev–Trinajstić information content (AvgIpc) is 2.89. The molecule has 0 bridgehead atoms. The number of pyridine rings is 1. The number of aromatic nitrogens is 1. The smallest absolute Gasteiger partial charge is 0.147 e. The summed E-state index contributed by atoms with van der Waals surface area (Å²) < 4.78 is 0. The van der Waals surface area contributed by atoms with Crippen molar-refractivity contribution in [2.24, 2.45) is 0 Å². The summed E-state index contributed by atoms with van der Waals surface area (Å²) >= 11 is 0. The van der Waals surface area contributed by atoms with E-state index in [1.54, 1.807) is 6.20 Å². The molecule has 1 aromatic heterocycles. The molecular weight excluding hydrogens is 224 g/mol. The van der Waals surface area contributed by atoms with Crippen molar-refractivity contribution in [2.75, 3.05) is 24.5 Å². The van der Waals surface area contributed by atoms with E-state index in [2.05, 4.69) is 28.2 Å². The van der Waals surface area contributed by atoms with Crippen LogP contribution in [0.3, 0.4) is 0 Å². The Hall–Kier alpha value is -1.60. The molecule has 1 saturated heterocycles. The Morgan fingerprint density at radius 2 is 2.44 bits per heavy atom. The van der Waals surface area contributed by atoms with Crippen molar-refractivity contribution in [1.82, 2.24) is 10.3 Å². The number of nitrogens with zero attached hydrogens (tertiary/aromatic N) is 3. The molecule has 4 nitrogen and oxygen atoms in total. The number of rotatable bonds is 4. The van der Waals surface area contributed by atoms with Gasteiger partial charge in [-0.2, -0.15) is 5.26 Å². The maximum atomic E-state index is 9.33. The summed E-state index contributed by atoms with van der Waals surface area (Å²) in [4.78, 5) is 6.75. The van der Waals surface area contributed by atoms with Gasteiger partial charge in [-0.1, -0.05) is 6.92 Å². The van der Waals surface area contributed by atoms with Crippen LogP contribution < -0.4 is 10.2 Å². The van der Waals surface area contributed by atoms with E-state index < -0.39 is 0 Å². The highest BCUT2D eigenvalue weighted by Crippen LogP contribution is 2.24. The molecule has 0 radical (unpaired) electrons. The van der Waals surface area contributed by atoms with Crippen LogP contribution in [-0.2, 0) is 0 Å². The maximum absolute atomic E-state index is 9.33. The van der Waals surface area contributed by atoms with Crippen LogP contribution in [0.15, 0.2) is 12.3 Å². The predicted octanol–water partition coefficient (Wildman–Crippen LogP) is 1.84. The van der Waals surface area contributed by atoms with Crippen LogP contribution in [0.2, 0.25) is 0 Å². The molecular formula is C14H20N4. The van der Waals surface area contributed by atoms with Crippen molar-refractivity contribution in [3.05, 3.63) is 23.4 Å². The van der Waals surface area contributed by atoms with Crippen molar-refractivity contribution in [2.45, 2.75) is 32.7 Å². The van der Waals surface area contributed by atoms with Gasteiger partial charge in [0, 0.05) is 25.3 Å². The topological polar surface area (TPSA) is 52.0 Å². The summed E-state index contributed by atoms with van der Waals surface area (Å²) in [7, 11) is 0. The maximum Gasteiger partial charge on any atom is 0.147 e. The second kappa shape index (κ2) is 5.83. The van der Waals surface area contributed by atoms with Gasteiger partial charge in [0.05, 0.1) is 5.56 Å². The molecule has 1 fully saturated rings. The summed E-state index contributed by atoms with van der Waals surface area (Å²) in [6, 6.07) is 4.67. The Morgan fingerprint density at radius 3 is 3.06 bits per heavy atom. The monoisotopic (exact) mass is 244 g/mol. The SMILES string of the molecule is CCCN(c1nccc(C)c1C#N)C1CCNC1. The molecule has 1 aliphatic rings. The highest BCUT2D eigenvalue weighted by atomic mass is 15.2. The summed E-state index contributed by atoms with van der Waals surface area (Å²) in [5.74, 6) is 0.855. The van der Waals surface area contributed by atoms with E-state index >= 15 is 0 Å². The fourth-order valence-corrected chi connectivity index (χ4v) is 2.51. The standard InChI is InChI=1S/C14H20N4/c1-3-8-18(12-5-6-16-10-12)14-13(9-15)11(2)4-7-17-14/h4,7,12,16H,3,5-6,8,10H2,1-2H3. The zero-order chi connectivity index (χ0) is 13.0. The molecule has 2 heterocycles. The minimum Gasteiger partial charge on any atom is -0.351 e. The van der Waals surface area contributed by atoms with E-state index in [4.69, 9.17) is 0 Å². The quantitative estimate of drug-likeness (QED) is 0.878. The largest absolute Gasteiger partial charge is 0.351 e. The lowest BCUT2D eigenvalue weighted by Gasteiger charge is -2.30. The highest BCUT2D eigenvalue weighted by Gasteiger charge is 2.25. The molecule has 1 atom stereocenters. The highest BCUT2D eigenvalue weighted by molar-refractivity contribution is 5.57. The van der Waals surface area contributed by atoms with Gasteiger partial charge in [-0.25, -0.2) is 4.98 Å². The summed E-state index contributed by atoms with van der Waals surface area (Å²) in [6.07, 6.45) is 3.99. The van der Waals surface area contributed by atoms with Gasteiger partial charge in [-0.3, -0.25) is 0 Å². The van der Waals surface area contributed by atoms with Gasteiger partial charge < -0.3 is 10.2 Å². The fraction of sp³-hybridized carbons (Fsp3) is 0.571. The Balaban J connectivity index is 2.36. The molecule has 18 heavy (non-hydrogen) atoms. The molecule has 0 aliphatic carbocycles. The molecule has 0 spiro atoms. The van der Waals surface area contributed by atoms with E-state index in [1.807, 2.05) is 13.0 Å². The van der Waals surface area contributed by atoms with Crippen LogP contribution in [-0.4, -0.2) is 30.7 Å².